The summed E-state index contributed by atoms with van der Waals surface area (Å²) < 4.78 is 26.8. The van der Waals surface area contributed by atoms with Crippen molar-refractivity contribution in [3.63, 3.8) is 0 Å². The molecule has 0 atom stereocenters. The number of nitrogens with one attached hydrogen (secondary N) is 2. The molecule has 3 aromatic rings. The molecule has 0 saturated carbocycles. The van der Waals surface area contributed by atoms with E-state index in [-0.39, 0.29) is 11.6 Å². The maximum atomic E-state index is 13.8. The maximum absolute atomic E-state index is 13.8. The molecule has 128 valence electrons. The lowest BCUT2D eigenvalue weighted by molar-refractivity contribution is 0.586. The second-order valence-corrected chi connectivity index (χ2v) is 5.81. The zero-order valence-electron chi connectivity index (χ0n) is 14.0. The Morgan fingerprint density at radius 3 is 2.56 bits per heavy atom. The number of hydrogen-bond donors (Lipinski definition) is 2. The second-order valence-electron chi connectivity index (χ2n) is 5.81. The van der Waals surface area contributed by atoms with Gasteiger partial charge in [0.05, 0.1) is 5.69 Å². The van der Waals surface area contributed by atoms with Gasteiger partial charge in [-0.05, 0) is 31.5 Å². The Morgan fingerprint density at radius 2 is 1.80 bits per heavy atom. The van der Waals surface area contributed by atoms with E-state index >= 15 is 0 Å². The Kier molecular flexibility index (Phi) is 4.88. The Balaban J connectivity index is 1.76. The first-order chi connectivity index (χ1) is 12.0. The van der Waals surface area contributed by atoms with Gasteiger partial charge in [-0.2, -0.15) is 4.98 Å². The summed E-state index contributed by atoms with van der Waals surface area (Å²) in [6.45, 7) is 4.48. The van der Waals surface area contributed by atoms with Crippen LogP contribution in [0.15, 0.2) is 48.5 Å². The molecule has 25 heavy (non-hydrogen) atoms. The number of anilines is 3. The molecule has 1 aromatic heterocycles. The van der Waals surface area contributed by atoms with Gasteiger partial charge < -0.3 is 10.6 Å². The van der Waals surface area contributed by atoms with Crippen LogP contribution in [0.25, 0.3) is 0 Å². The van der Waals surface area contributed by atoms with Crippen molar-refractivity contribution in [2.45, 2.75) is 20.4 Å². The molecule has 6 heteroatoms. The number of benzene rings is 2. The summed E-state index contributed by atoms with van der Waals surface area (Å²) in [6, 6.07) is 13.3. The van der Waals surface area contributed by atoms with Crippen molar-refractivity contribution in [3.8, 4) is 0 Å². The van der Waals surface area contributed by atoms with E-state index in [9.17, 15) is 8.78 Å². The van der Waals surface area contributed by atoms with Gasteiger partial charge in [0.15, 0.2) is 0 Å². The smallest absolute Gasteiger partial charge is 0.229 e. The minimum Gasteiger partial charge on any atom is -0.366 e. The van der Waals surface area contributed by atoms with Crippen LogP contribution in [-0.4, -0.2) is 9.97 Å². The lowest BCUT2D eigenvalue weighted by Crippen LogP contribution is -2.06. The number of aromatic nitrogens is 2. The van der Waals surface area contributed by atoms with Gasteiger partial charge in [0, 0.05) is 24.4 Å². The van der Waals surface area contributed by atoms with Crippen molar-refractivity contribution in [2.75, 3.05) is 10.6 Å². The lowest BCUT2D eigenvalue weighted by atomic mass is 10.1. The molecular formula is C19H18F2N4. The van der Waals surface area contributed by atoms with Gasteiger partial charge in [0.2, 0.25) is 5.95 Å². The maximum Gasteiger partial charge on any atom is 0.229 e. The third-order valence-corrected chi connectivity index (χ3v) is 3.59. The molecule has 2 N–H and O–H groups in total. The second kappa shape index (κ2) is 7.25. The predicted octanol–water partition coefficient (Wildman–Crippen LogP) is 4.73. The molecule has 0 radical (unpaired) electrons. The van der Waals surface area contributed by atoms with E-state index in [1.807, 2.05) is 38.1 Å². The summed E-state index contributed by atoms with van der Waals surface area (Å²) in [5.74, 6) is -0.454. The average molecular weight is 340 g/mol. The van der Waals surface area contributed by atoms with Crippen LogP contribution in [0.1, 0.15) is 16.8 Å². The zero-order chi connectivity index (χ0) is 17.8. The van der Waals surface area contributed by atoms with E-state index in [1.54, 1.807) is 0 Å². The number of halogens is 2. The van der Waals surface area contributed by atoms with E-state index < -0.39 is 11.6 Å². The van der Waals surface area contributed by atoms with Gasteiger partial charge in [-0.15, -0.1) is 0 Å². The fourth-order valence-electron chi connectivity index (χ4n) is 2.44. The van der Waals surface area contributed by atoms with Crippen molar-refractivity contribution in [1.29, 1.82) is 0 Å². The fourth-order valence-corrected chi connectivity index (χ4v) is 2.44. The van der Waals surface area contributed by atoms with E-state index in [4.69, 9.17) is 0 Å². The summed E-state index contributed by atoms with van der Waals surface area (Å²) in [7, 11) is 0. The Bertz CT molecular complexity index is 896. The molecule has 4 nitrogen and oxygen atoms in total. The number of nitrogens with zero attached hydrogens (tertiary/aromatic N) is 2. The lowest BCUT2D eigenvalue weighted by Gasteiger charge is -2.11. The third kappa shape index (κ3) is 4.50. The van der Waals surface area contributed by atoms with Crippen molar-refractivity contribution < 1.29 is 8.78 Å². The zero-order valence-corrected chi connectivity index (χ0v) is 14.0. The Morgan fingerprint density at radius 1 is 0.960 bits per heavy atom. The average Bonchev–Trinajstić information content (AvgIpc) is 2.55. The predicted molar refractivity (Wildman–Crippen MR) is 94.9 cm³/mol. The highest BCUT2D eigenvalue weighted by Gasteiger charge is 2.07. The standard InChI is InChI=1S/C19H18F2N4/c1-12-4-3-5-14(8-12)11-22-18-9-13(2)23-19(25-18)24-17-7-6-15(20)10-16(17)21/h3-10H,11H2,1-2H3,(H2,22,23,24,25). The fraction of sp³-hybridized carbons (Fsp3) is 0.158. The molecule has 2 aromatic carbocycles. The van der Waals surface area contributed by atoms with E-state index in [2.05, 4.69) is 26.7 Å². The largest absolute Gasteiger partial charge is 0.366 e. The molecular weight excluding hydrogens is 322 g/mol. The highest BCUT2D eigenvalue weighted by atomic mass is 19.1. The van der Waals surface area contributed by atoms with Crippen LogP contribution < -0.4 is 10.6 Å². The molecule has 0 bridgehead atoms. The van der Waals surface area contributed by atoms with Crippen molar-refractivity contribution >= 4 is 17.5 Å². The molecule has 0 spiro atoms. The molecule has 0 saturated heterocycles. The number of aryl methyl sites for hydroxylation is 2. The van der Waals surface area contributed by atoms with Crippen molar-refractivity contribution in [3.05, 3.63) is 77.0 Å². The first kappa shape index (κ1) is 16.8. The minimum absolute atomic E-state index is 0.122. The highest BCUT2D eigenvalue weighted by molar-refractivity contribution is 5.56. The quantitative estimate of drug-likeness (QED) is 0.705. The SMILES string of the molecule is Cc1cccc(CNc2cc(C)nc(Nc3ccc(F)cc3F)n2)c1. The van der Waals surface area contributed by atoms with Crippen LogP contribution in [0.4, 0.5) is 26.2 Å². The molecule has 0 amide bonds. The molecule has 0 aliphatic rings. The van der Waals surface area contributed by atoms with E-state index in [0.29, 0.717) is 12.4 Å². The topological polar surface area (TPSA) is 49.8 Å². The van der Waals surface area contributed by atoms with E-state index in [0.717, 1.165) is 17.3 Å². The van der Waals surface area contributed by atoms with Crippen LogP contribution in [0.5, 0.6) is 0 Å². The molecule has 0 unspecified atom stereocenters. The van der Waals surface area contributed by atoms with Crippen LogP contribution >= 0.6 is 0 Å². The minimum atomic E-state index is -0.695. The number of hydrogen-bond acceptors (Lipinski definition) is 4. The van der Waals surface area contributed by atoms with Gasteiger partial charge in [-0.25, -0.2) is 13.8 Å². The van der Waals surface area contributed by atoms with E-state index in [1.165, 1.54) is 17.7 Å². The summed E-state index contributed by atoms with van der Waals surface area (Å²) in [5, 5.41) is 6.02. The molecule has 1 heterocycles. The van der Waals surface area contributed by atoms with Gasteiger partial charge in [-0.1, -0.05) is 29.8 Å². The van der Waals surface area contributed by atoms with Gasteiger partial charge >= 0.3 is 0 Å². The van der Waals surface area contributed by atoms with Gasteiger partial charge in [0.1, 0.15) is 17.5 Å². The monoisotopic (exact) mass is 340 g/mol. The Hall–Kier alpha value is -3.02. The number of rotatable bonds is 5. The highest BCUT2D eigenvalue weighted by Crippen LogP contribution is 2.20. The van der Waals surface area contributed by atoms with Crippen molar-refractivity contribution in [1.82, 2.24) is 9.97 Å². The third-order valence-electron chi connectivity index (χ3n) is 3.59. The molecule has 0 aliphatic heterocycles. The summed E-state index contributed by atoms with van der Waals surface area (Å²) >= 11 is 0. The van der Waals surface area contributed by atoms with Crippen LogP contribution in [0, 0.1) is 25.5 Å². The molecule has 0 aliphatic carbocycles. The summed E-state index contributed by atoms with van der Waals surface area (Å²) in [5.41, 5.74) is 3.17. The van der Waals surface area contributed by atoms with Gasteiger partial charge in [0.25, 0.3) is 0 Å². The van der Waals surface area contributed by atoms with Crippen LogP contribution in [0.2, 0.25) is 0 Å². The molecule has 0 fully saturated rings. The molecule has 3 rings (SSSR count). The normalized spacial score (nSPS) is 10.6. The summed E-state index contributed by atoms with van der Waals surface area (Å²) in [4.78, 5) is 8.58. The van der Waals surface area contributed by atoms with Crippen LogP contribution in [0.3, 0.4) is 0 Å². The first-order valence-electron chi connectivity index (χ1n) is 7.87. The van der Waals surface area contributed by atoms with Crippen molar-refractivity contribution in [2.24, 2.45) is 0 Å². The Labute approximate surface area is 145 Å². The first-order valence-corrected chi connectivity index (χ1v) is 7.87. The van der Waals surface area contributed by atoms with Crippen LogP contribution in [-0.2, 0) is 6.54 Å². The summed E-state index contributed by atoms with van der Waals surface area (Å²) in [6.07, 6.45) is 0. The van der Waals surface area contributed by atoms with Gasteiger partial charge in [-0.3, -0.25) is 0 Å².